The van der Waals surface area contributed by atoms with E-state index >= 15 is 0 Å². The van der Waals surface area contributed by atoms with Gasteiger partial charge < -0.3 is 10.6 Å². The fourth-order valence-electron chi connectivity index (χ4n) is 3.63. The molecule has 1 saturated heterocycles. The molecule has 0 spiro atoms. The quantitative estimate of drug-likeness (QED) is 0.822. The lowest BCUT2D eigenvalue weighted by molar-refractivity contribution is -0.135. The number of rotatable bonds is 4. The van der Waals surface area contributed by atoms with Gasteiger partial charge in [-0.3, -0.25) is 14.5 Å². The van der Waals surface area contributed by atoms with Crippen LogP contribution in [0, 0.1) is 5.92 Å². The lowest BCUT2D eigenvalue weighted by atomic mass is 9.87. The van der Waals surface area contributed by atoms with E-state index in [0.717, 1.165) is 30.6 Å². The van der Waals surface area contributed by atoms with Gasteiger partial charge in [-0.2, -0.15) is 0 Å². The van der Waals surface area contributed by atoms with Crippen LogP contribution in [0.25, 0.3) is 0 Å². The Morgan fingerprint density at radius 3 is 2.48 bits per heavy atom. The number of carbonyl (C=O) groups is 3. The van der Waals surface area contributed by atoms with E-state index in [0.29, 0.717) is 11.5 Å². The zero-order valence-corrected chi connectivity index (χ0v) is 14.7. The number of hydrogen-bond acceptors (Lipinski definition) is 3. The molecule has 1 aliphatic heterocycles. The molecule has 0 aromatic heterocycles. The minimum absolute atomic E-state index is 0.143. The van der Waals surface area contributed by atoms with Crippen LogP contribution < -0.4 is 10.6 Å². The van der Waals surface area contributed by atoms with E-state index in [4.69, 9.17) is 0 Å². The number of amides is 4. The maximum Gasteiger partial charge on any atom is 0.325 e. The highest BCUT2D eigenvalue weighted by Crippen LogP contribution is 2.28. The monoisotopic (exact) mass is 343 g/mol. The molecule has 4 amide bonds. The largest absolute Gasteiger partial charge is 0.352 e. The fraction of sp³-hybridized carbons (Fsp3) is 0.526. The summed E-state index contributed by atoms with van der Waals surface area (Å²) in [5.74, 6) is 0.0298. The second kappa shape index (κ2) is 6.86. The molecule has 1 aromatic carbocycles. The van der Waals surface area contributed by atoms with Gasteiger partial charge in [-0.1, -0.05) is 37.3 Å². The number of nitrogens with one attached hydrogen (secondary N) is 2. The summed E-state index contributed by atoms with van der Waals surface area (Å²) in [6, 6.07) is 8.70. The van der Waals surface area contributed by atoms with Crippen LogP contribution in [0.4, 0.5) is 4.79 Å². The summed E-state index contributed by atoms with van der Waals surface area (Å²) < 4.78 is 0. The first kappa shape index (κ1) is 17.5. The standard InChI is InChI=1S/C19H25N3O3/c1-13-8-10-15(11-9-13)20-16(23)12-22-17(24)19(2,21-18(22)25)14-6-4-3-5-7-14/h3-7,13,15H,8-12H2,1-2H3,(H,20,23)(H,21,25)/t13?,15?,19-/m0/s1. The molecule has 0 unspecified atom stereocenters. The molecule has 1 heterocycles. The number of carbonyl (C=O) groups excluding carboxylic acids is 3. The van der Waals surface area contributed by atoms with Crippen LogP contribution in [0.1, 0.15) is 45.1 Å². The second-order valence-corrected chi connectivity index (χ2v) is 7.34. The maximum absolute atomic E-state index is 12.8. The van der Waals surface area contributed by atoms with Crippen molar-refractivity contribution in [2.24, 2.45) is 5.92 Å². The summed E-state index contributed by atoms with van der Waals surface area (Å²) in [7, 11) is 0. The highest BCUT2D eigenvalue weighted by atomic mass is 16.2. The number of benzene rings is 1. The Balaban J connectivity index is 1.64. The number of urea groups is 1. The highest BCUT2D eigenvalue weighted by molar-refractivity contribution is 6.09. The molecule has 3 rings (SSSR count). The molecule has 2 aliphatic rings. The van der Waals surface area contributed by atoms with Gasteiger partial charge in [0.05, 0.1) is 0 Å². The van der Waals surface area contributed by atoms with Crippen LogP contribution >= 0.6 is 0 Å². The summed E-state index contributed by atoms with van der Waals surface area (Å²) in [4.78, 5) is 38.3. The molecule has 0 radical (unpaired) electrons. The van der Waals surface area contributed by atoms with Crippen molar-refractivity contribution in [3.63, 3.8) is 0 Å². The van der Waals surface area contributed by atoms with Gasteiger partial charge in [0, 0.05) is 6.04 Å². The van der Waals surface area contributed by atoms with Gasteiger partial charge in [0.1, 0.15) is 12.1 Å². The van der Waals surface area contributed by atoms with Crippen LogP contribution in [-0.2, 0) is 15.1 Å². The minimum atomic E-state index is -1.13. The number of nitrogens with zero attached hydrogens (tertiary/aromatic N) is 1. The Kier molecular flexibility index (Phi) is 4.79. The Morgan fingerprint density at radius 1 is 1.20 bits per heavy atom. The van der Waals surface area contributed by atoms with Crippen LogP contribution in [0.3, 0.4) is 0 Å². The first-order valence-corrected chi connectivity index (χ1v) is 8.89. The van der Waals surface area contributed by atoms with E-state index in [2.05, 4.69) is 17.6 Å². The SMILES string of the molecule is CC1CCC(NC(=O)CN2C(=O)N[C@@](C)(c3ccccc3)C2=O)CC1. The molecule has 134 valence electrons. The Labute approximate surface area is 148 Å². The van der Waals surface area contributed by atoms with E-state index in [1.165, 1.54) is 0 Å². The maximum atomic E-state index is 12.8. The van der Waals surface area contributed by atoms with Crippen molar-refractivity contribution in [2.45, 2.75) is 51.1 Å². The summed E-state index contributed by atoms with van der Waals surface area (Å²) in [5, 5.41) is 5.68. The molecule has 0 bridgehead atoms. The van der Waals surface area contributed by atoms with Gasteiger partial charge in [0.2, 0.25) is 5.91 Å². The van der Waals surface area contributed by atoms with E-state index in [-0.39, 0.29) is 18.5 Å². The second-order valence-electron chi connectivity index (χ2n) is 7.34. The van der Waals surface area contributed by atoms with Gasteiger partial charge in [-0.25, -0.2) is 4.79 Å². The van der Waals surface area contributed by atoms with E-state index in [1.54, 1.807) is 19.1 Å². The smallest absolute Gasteiger partial charge is 0.325 e. The van der Waals surface area contributed by atoms with Crippen molar-refractivity contribution in [3.05, 3.63) is 35.9 Å². The predicted molar refractivity (Wildman–Crippen MR) is 93.6 cm³/mol. The molecular weight excluding hydrogens is 318 g/mol. The number of imide groups is 1. The first-order valence-electron chi connectivity index (χ1n) is 8.89. The zero-order valence-electron chi connectivity index (χ0n) is 14.7. The molecular formula is C19H25N3O3. The highest BCUT2D eigenvalue weighted by Gasteiger charge is 2.49. The third-order valence-corrected chi connectivity index (χ3v) is 5.31. The molecule has 6 nitrogen and oxygen atoms in total. The van der Waals surface area contributed by atoms with Gasteiger partial charge in [-0.05, 0) is 44.1 Å². The zero-order chi connectivity index (χ0) is 18.0. The molecule has 6 heteroatoms. The van der Waals surface area contributed by atoms with Gasteiger partial charge in [0.15, 0.2) is 0 Å². The lowest BCUT2D eigenvalue weighted by Gasteiger charge is -2.27. The topological polar surface area (TPSA) is 78.5 Å². The molecule has 1 aromatic rings. The molecule has 1 aliphatic carbocycles. The van der Waals surface area contributed by atoms with Gasteiger partial charge in [-0.15, -0.1) is 0 Å². The average Bonchev–Trinajstić information content (AvgIpc) is 2.82. The van der Waals surface area contributed by atoms with Gasteiger partial charge in [0.25, 0.3) is 5.91 Å². The predicted octanol–water partition coefficient (Wildman–Crippen LogP) is 2.15. The fourth-order valence-corrected chi connectivity index (χ4v) is 3.63. The minimum Gasteiger partial charge on any atom is -0.352 e. The Bertz CT molecular complexity index is 668. The molecule has 1 atom stereocenters. The van der Waals surface area contributed by atoms with Crippen molar-refractivity contribution in [1.82, 2.24) is 15.5 Å². The summed E-state index contributed by atoms with van der Waals surface area (Å²) >= 11 is 0. The van der Waals surface area contributed by atoms with Crippen LogP contribution in [0.15, 0.2) is 30.3 Å². The Morgan fingerprint density at radius 2 is 1.84 bits per heavy atom. The third-order valence-electron chi connectivity index (χ3n) is 5.31. The first-order chi connectivity index (χ1) is 11.9. The molecule has 1 saturated carbocycles. The molecule has 2 N–H and O–H groups in total. The summed E-state index contributed by atoms with van der Waals surface area (Å²) in [6.07, 6.45) is 4.10. The van der Waals surface area contributed by atoms with E-state index < -0.39 is 17.5 Å². The van der Waals surface area contributed by atoms with Crippen molar-refractivity contribution >= 4 is 17.8 Å². The lowest BCUT2D eigenvalue weighted by Crippen LogP contribution is -2.46. The van der Waals surface area contributed by atoms with Gasteiger partial charge >= 0.3 is 6.03 Å². The van der Waals surface area contributed by atoms with Crippen LogP contribution in [-0.4, -0.2) is 35.3 Å². The van der Waals surface area contributed by atoms with Crippen molar-refractivity contribution in [2.75, 3.05) is 6.54 Å². The summed E-state index contributed by atoms with van der Waals surface area (Å²) in [6.45, 7) is 3.65. The molecule has 25 heavy (non-hydrogen) atoms. The van der Waals surface area contributed by atoms with E-state index in [1.807, 2.05) is 18.2 Å². The third kappa shape index (κ3) is 3.52. The van der Waals surface area contributed by atoms with Crippen molar-refractivity contribution in [3.8, 4) is 0 Å². The normalized spacial score (nSPS) is 29.4. The average molecular weight is 343 g/mol. The molecule has 2 fully saturated rings. The van der Waals surface area contributed by atoms with Crippen molar-refractivity contribution in [1.29, 1.82) is 0 Å². The van der Waals surface area contributed by atoms with Crippen LogP contribution in [0.5, 0.6) is 0 Å². The van der Waals surface area contributed by atoms with Crippen LogP contribution in [0.2, 0.25) is 0 Å². The Hall–Kier alpha value is -2.37. The number of hydrogen-bond donors (Lipinski definition) is 2. The van der Waals surface area contributed by atoms with Crippen molar-refractivity contribution < 1.29 is 14.4 Å². The summed E-state index contributed by atoms with van der Waals surface area (Å²) in [5.41, 5.74) is -0.420. The van der Waals surface area contributed by atoms with E-state index in [9.17, 15) is 14.4 Å².